The lowest BCUT2D eigenvalue weighted by Crippen LogP contribution is -2.44. The van der Waals surface area contributed by atoms with Gasteiger partial charge in [0.15, 0.2) is 23.1 Å². The normalized spacial score (nSPS) is 18.0. The fourth-order valence-corrected chi connectivity index (χ4v) is 1.99. The van der Waals surface area contributed by atoms with Crippen LogP contribution in [0, 0.1) is 11.6 Å². The Morgan fingerprint density at radius 1 is 1.38 bits per heavy atom. The fraction of sp³-hybridized carbons (Fsp3) is 0.455. The average Bonchev–Trinajstić information content (AvgIpc) is 2.21. The van der Waals surface area contributed by atoms with Gasteiger partial charge in [-0.2, -0.15) is 0 Å². The van der Waals surface area contributed by atoms with E-state index in [4.69, 9.17) is 10.5 Å². The predicted octanol–water partition coefficient (Wildman–Crippen LogP) is 2.02. The molecule has 0 spiro atoms. The Morgan fingerprint density at radius 3 is 2.44 bits per heavy atom. The third-order valence-electron chi connectivity index (χ3n) is 3.11. The van der Waals surface area contributed by atoms with Gasteiger partial charge in [-0.05, 0) is 19.3 Å². The molecule has 1 aromatic carbocycles. The van der Waals surface area contributed by atoms with E-state index in [1.165, 1.54) is 7.11 Å². The van der Waals surface area contributed by atoms with Gasteiger partial charge in [-0.25, -0.2) is 8.78 Å². The number of rotatable bonds is 2. The molecule has 1 aliphatic rings. The maximum atomic E-state index is 13.9. The Morgan fingerprint density at radius 2 is 2.00 bits per heavy atom. The monoisotopic (exact) mass is 229 g/mol. The minimum absolute atomic E-state index is 0.189. The minimum Gasteiger partial charge on any atom is -0.505 e. The van der Waals surface area contributed by atoms with Gasteiger partial charge in [-0.1, -0.05) is 0 Å². The lowest BCUT2D eigenvalue weighted by Gasteiger charge is -2.39. The lowest BCUT2D eigenvalue weighted by molar-refractivity contribution is 0.229. The van der Waals surface area contributed by atoms with Crippen molar-refractivity contribution >= 4 is 0 Å². The summed E-state index contributed by atoms with van der Waals surface area (Å²) in [4.78, 5) is 0. The van der Waals surface area contributed by atoms with Crippen molar-refractivity contribution in [2.45, 2.75) is 24.8 Å². The molecule has 1 aliphatic carbocycles. The fourth-order valence-electron chi connectivity index (χ4n) is 1.99. The molecule has 1 fully saturated rings. The molecule has 0 saturated heterocycles. The summed E-state index contributed by atoms with van der Waals surface area (Å²) in [6.07, 6.45) is 1.84. The van der Waals surface area contributed by atoms with Crippen LogP contribution in [0.2, 0.25) is 0 Å². The first-order chi connectivity index (χ1) is 7.49. The quantitative estimate of drug-likeness (QED) is 0.815. The van der Waals surface area contributed by atoms with E-state index in [0.717, 1.165) is 12.5 Å². The van der Waals surface area contributed by atoms with E-state index in [0.29, 0.717) is 12.8 Å². The maximum Gasteiger partial charge on any atom is 0.173 e. The standard InChI is InChI=1S/C11H13F2NO2/c1-16-7-5-6(15)9(12)8(10(7)13)11(14)3-2-4-11/h5,15H,2-4,14H2,1H3. The van der Waals surface area contributed by atoms with Crippen molar-refractivity contribution in [1.82, 2.24) is 0 Å². The van der Waals surface area contributed by atoms with Crippen molar-refractivity contribution < 1.29 is 18.6 Å². The van der Waals surface area contributed by atoms with Crippen LogP contribution in [0.1, 0.15) is 24.8 Å². The number of aromatic hydroxyl groups is 1. The van der Waals surface area contributed by atoms with Crippen LogP contribution in [0.4, 0.5) is 8.78 Å². The van der Waals surface area contributed by atoms with Crippen molar-refractivity contribution in [3.8, 4) is 11.5 Å². The number of hydrogen-bond donors (Lipinski definition) is 2. The van der Waals surface area contributed by atoms with Crippen molar-refractivity contribution in [2.75, 3.05) is 7.11 Å². The second-order valence-corrected chi connectivity index (χ2v) is 4.11. The topological polar surface area (TPSA) is 55.5 Å². The Balaban J connectivity index is 2.62. The summed E-state index contributed by atoms with van der Waals surface area (Å²) in [5.74, 6) is -2.63. The summed E-state index contributed by atoms with van der Waals surface area (Å²) >= 11 is 0. The summed E-state index contributed by atoms with van der Waals surface area (Å²) in [7, 11) is 1.25. The van der Waals surface area contributed by atoms with Crippen LogP contribution in [0.3, 0.4) is 0 Å². The predicted molar refractivity (Wildman–Crippen MR) is 54.3 cm³/mol. The smallest absolute Gasteiger partial charge is 0.173 e. The van der Waals surface area contributed by atoms with Crippen LogP contribution < -0.4 is 10.5 Å². The molecule has 0 aromatic heterocycles. The Bertz CT molecular complexity index is 430. The van der Waals surface area contributed by atoms with Crippen molar-refractivity contribution in [2.24, 2.45) is 5.73 Å². The van der Waals surface area contributed by atoms with Gasteiger partial charge in [-0.15, -0.1) is 0 Å². The molecule has 0 unspecified atom stereocenters. The van der Waals surface area contributed by atoms with Crippen molar-refractivity contribution in [3.05, 3.63) is 23.3 Å². The van der Waals surface area contributed by atoms with Crippen LogP contribution in [0.5, 0.6) is 11.5 Å². The molecule has 1 aromatic rings. The summed E-state index contributed by atoms with van der Waals surface area (Å²) in [5.41, 5.74) is 4.59. The maximum absolute atomic E-state index is 13.9. The molecule has 0 heterocycles. The number of methoxy groups -OCH3 is 1. The van der Waals surface area contributed by atoms with Crippen LogP contribution in [-0.2, 0) is 5.54 Å². The first-order valence-corrected chi connectivity index (χ1v) is 5.04. The molecule has 1 saturated carbocycles. The van der Waals surface area contributed by atoms with Gasteiger partial charge in [-0.3, -0.25) is 0 Å². The van der Waals surface area contributed by atoms with E-state index < -0.39 is 22.9 Å². The van der Waals surface area contributed by atoms with E-state index in [1.54, 1.807) is 0 Å². The number of benzene rings is 1. The highest BCUT2D eigenvalue weighted by Crippen LogP contribution is 2.44. The molecule has 3 N–H and O–H groups in total. The van der Waals surface area contributed by atoms with Crippen molar-refractivity contribution in [3.63, 3.8) is 0 Å². The number of nitrogens with two attached hydrogens (primary N) is 1. The van der Waals surface area contributed by atoms with E-state index in [2.05, 4.69) is 0 Å². The molecule has 0 aliphatic heterocycles. The van der Waals surface area contributed by atoms with Gasteiger partial charge in [0.1, 0.15) is 0 Å². The Labute approximate surface area is 91.8 Å². The lowest BCUT2D eigenvalue weighted by atomic mass is 9.72. The van der Waals surface area contributed by atoms with Gasteiger partial charge >= 0.3 is 0 Å². The number of phenols is 1. The summed E-state index contributed by atoms with van der Waals surface area (Å²) in [6.45, 7) is 0. The zero-order valence-electron chi connectivity index (χ0n) is 8.89. The molecule has 16 heavy (non-hydrogen) atoms. The van der Waals surface area contributed by atoms with E-state index >= 15 is 0 Å². The Hall–Kier alpha value is -1.36. The van der Waals surface area contributed by atoms with E-state index in [9.17, 15) is 13.9 Å². The van der Waals surface area contributed by atoms with Crippen LogP contribution in [-0.4, -0.2) is 12.2 Å². The van der Waals surface area contributed by atoms with Gasteiger partial charge in [0, 0.05) is 11.6 Å². The zero-order valence-corrected chi connectivity index (χ0v) is 8.89. The molecule has 0 atom stereocenters. The molecule has 0 amide bonds. The number of hydrogen-bond acceptors (Lipinski definition) is 3. The van der Waals surface area contributed by atoms with Gasteiger partial charge in [0.05, 0.1) is 12.7 Å². The SMILES string of the molecule is COc1cc(O)c(F)c(C2(N)CCC2)c1F. The van der Waals surface area contributed by atoms with Crippen LogP contribution in [0.15, 0.2) is 6.07 Å². The largest absolute Gasteiger partial charge is 0.505 e. The third kappa shape index (κ3) is 1.43. The second-order valence-electron chi connectivity index (χ2n) is 4.11. The highest BCUT2D eigenvalue weighted by molar-refractivity contribution is 5.44. The third-order valence-corrected chi connectivity index (χ3v) is 3.11. The van der Waals surface area contributed by atoms with Gasteiger partial charge in [0.2, 0.25) is 0 Å². The molecule has 3 nitrogen and oxygen atoms in total. The first-order valence-electron chi connectivity index (χ1n) is 5.04. The molecular weight excluding hydrogens is 216 g/mol. The summed E-state index contributed by atoms with van der Waals surface area (Å²) < 4.78 is 32.3. The van der Waals surface area contributed by atoms with Gasteiger partial charge in [0.25, 0.3) is 0 Å². The Kier molecular flexibility index (Phi) is 2.50. The van der Waals surface area contributed by atoms with E-state index in [1.807, 2.05) is 0 Å². The molecule has 0 bridgehead atoms. The minimum atomic E-state index is -1.01. The average molecular weight is 229 g/mol. The highest BCUT2D eigenvalue weighted by Gasteiger charge is 2.41. The first kappa shape index (κ1) is 11.1. The zero-order chi connectivity index (χ0) is 11.9. The molecule has 2 rings (SSSR count). The summed E-state index contributed by atoms with van der Waals surface area (Å²) in [6, 6.07) is 0.913. The summed E-state index contributed by atoms with van der Waals surface area (Å²) in [5, 5.41) is 9.34. The number of halogens is 2. The second kappa shape index (κ2) is 3.59. The number of phenolic OH excluding ortho intramolecular Hbond substituents is 1. The molecule has 0 radical (unpaired) electrons. The van der Waals surface area contributed by atoms with Crippen LogP contribution in [0.25, 0.3) is 0 Å². The van der Waals surface area contributed by atoms with Crippen LogP contribution >= 0.6 is 0 Å². The molecule has 88 valence electrons. The van der Waals surface area contributed by atoms with E-state index in [-0.39, 0.29) is 11.3 Å². The highest BCUT2D eigenvalue weighted by atomic mass is 19.1. The van der Waals surface area contributed by atoms with Crippen molar-refractivity contribution in [1.29, 1.82) is 0 Å². The molecule has 5 heteroatoms. The molecular formula is C11H13F2NO2. The van der Waals surface area contributed by atoms with Gasteiger partial charge < -0.3 is 15.6 Å². The number of ether oxygens (including phenoxy) is 1.